The van der Waals surface area contributed by atoms with E-state index in [9.17, 15) is 0 Å². The van der Waals surface area contributed by atoms with E-state index in [2.05, 4.69) is 30.7 Å². The van der Waals surface area contributed by atoms with Crippen LogP contribution in [0.5, 0.6) is 0 Å². The van der Waals surface area contributed by atoms with Crippen LogP contribution in [0.2, 0.25) is 0 Å². The van der Waals surface area contributed by atoms with Crippen LogP contribution in [0.3, 0.4) is 0 Å². The molecular formula is C15H30IN3O. The molecule has 1 aliphatic heterocycles. The topological polar surface area (TPSA) is 50.8 Å². The third-order valence-corrected chi connectivity index (χ3v) is 4.54. The minimum atomic E-state index is 0. The van der Waals surface area contributed by atoms with E-state index >= 15 is 0 Å². The van der Waals surface area contributed by atoms with Crippen molar-refractivity contribution in [1.82, 2.24) is 4.90 Å². The van der Waals surface area contributed by atoms with Crippen LogP contribution in [0.15, 0.2) is 4.99 Å². The Kier molecular flexibility index (Phi) is 7.04. The van der Waals surface area contributed by atoms with Gasteiger partial charge in [0.05, 0.1) is 12.7 Å². The second kappa shape index (κ2) is 7.82. The lowest BCUT2D eigenvalue weighted by Crippen LogP contribution is -2.48. The van der Waals surface area contributed by atoms with Gasteiger partial charge in [-0.05, 0) is 43.9 Å². The van der Waals surface area contributed by atoms with Crippen molar-refractivity contribution < 1.29 is 4.74 Å². The average Bonchev–Trinajstić information content (AvgIpc) is 2.37. The minimum absolute atomic E-state index is 0. The van der Waals surface area contributed by atoms with Gasteiger partial charge >= 0.3 is 0 Å². The van der Waals surface area contributed by atoms with Crippen LogP contribution in [0.4, 0.5) is 0 Å². The van der Waals surface area contributed by atoms with Crippen LogP contribution in [0.25, 0.3) is 0 Å². The molecule has 2 aliphatic rings. The van der Waals surface area contributed by atoms with Gasteiger partial charge in [-0.15, -0.1) is 24.0 Å². The highest BCUT2D eigenvalue weighted by Gasteiger charge is 2.26. The minimum Gasteiger partial charge on any atom is -0.375 e. The van der Waals surface area contributed by atoms with E-state index in [-0.39, 0.29) is 30.1 Å². The molecule has 1 atom stereocenters. The van der Waals surface area contributed by atoms with E-state index in [1.165, 1.54) is 25.7 Å². The zero-order valence-electron chi connectivity index (χ0n) is 13.1. The Bertz CT molecular complexity index is 323. The van der Waals surface area contributed by atoms with Crippen LogP contribution in [0.1, 0.15) is 46.5 Å². The summed E-state index contributed by atoms with van der Waals surface area (Å²) in [4.78, 5) is 6.77. The Morgan fingerprint density at radius 1 is 1.35 bits per heavy atom. The fourth-order valence-corrected chi connectivity index (χ4v) is 2.99. The molecule has 5 heteroatoms. The molecule has 1 unspecified atom stereocenters. The number of guanidine groups is 1. The van der Waals surface area contributed by atoms with E-state index < -0.39 is 0 Å². The summed E-state index contributed by atoms with van der Waals surface area (Å²) in [6.45, 7) is 10.2. The van der Waals surface area contributed by atoms with Crippen LogP contribution >= 0.6 is 24.0 Å². The smallest absolute Gasteiger partial charge is 0.191 e. The number of morpholine rings is 1. The molecule has 1 saturated heterocycles. The second-order valence-electron chi connectivity index (χ2n) is 6.93. The summed E-state index contributed by atoms with van der Waals surface area (Å²) in [6.07, 6.45) is 5.49. The summed E-state index contributed by atoms with van der Waals surface area (Å²) >= 11 is 0. The Balaban J connectivity index is 0.00000200. The maximum Gasteiger partial charge on any atom is 0.191 e. The largest absolute Gasteiger partial charge is 0.375 e. The molecule has 0 spiro atoms. The van der Waals surface area contributed by atoms with Crippen LogP contribution in [-0.4, -0.2) is 43.2 Å². The summed E-state index contributed by atoms with van der Waals surface area (Å²) in [5, 5.41) is 0. The first-order chi connectivity index (χ1) is 8.96. The first kappa shape index (κ1) is 18.0. The zero-order valence-corrected chi connectivity index (χ0v) is 15.4. The molecule has 2 N–H and O–H groups in total. The Morgan fingerprint density at radius 2 is 2.00 bits per heavy atom. The van der Waals surface area contributed by atoms with Crippen molar-refractivity contribution in [3.63, 3.8) is 0 Å². The third-order valence-electron chi connectivity index (χ3n) is 4.54. The molecule has 1 heterocycles. The molecule has 2 rings (SSSR count). The predicted octanol–water partition coefficient (Wildman–Crippen LogP) is 2.86. The van der Waals surface area contributed by atoms with Crippen LogP contribution in [-0.2, 0) is 4.74 Å². The molecule has 0 amide bonds. The Morgan fingerprint density at radius 3 is 2.60 bits per heavy atom. The fourth-order valence-electron chi connectivity index (χ4n) is 2.99. The first-order valence-electron chi connectivity index (χ1n) is 7.63. The number of hydrogen-bond acceptors (Lipinski definition) is 2. The number of aliphatic imine (C=N–C) groups is 1. The maximum absolute atomic E-state index is 6.10. The number of nitrogens with zero attached hydrogens (tertiary/aromatic N) is 2. The fraction of sp³-hybridized carbons (Fsp3) is 0.933. The molecule has 0 bridgehead atoms. The highest BCUT2D eigenvalue weighted by Crippen LogP contribution is 2.37. The highest BCUT2D eigenvalue weighted by atomic mass is 127. The van der Waals surface area contributed by atoms with E-state index in [4.69, 9.17) is 10.5 Å². The SMILES string of the molecule is CC1CN(C(N)=NCC2CCC(C)(C)CC2)CCO1.I. The zero-order chi connectivity index (χ0) is 13.9. The van der Waals surface area contributed by atoms with Crippen molar-refractivity contribution in [3.8, 4) is 0 Å². The number of hydrogen-bond donors (Lipinski definition) is 1. The molecule has 0 aromatic heterocycles. The second-order valence-corrected chi connectivity index (χ2v) is 6.93. The number of ether oxygens (including phenoxy) is 1. The van der Waals surface area contributed by atoms with Gasteiger partial charge in [0, 0.05) is 19.6 Å². The van der Waals surface area contributed by atoms with Crippen molar-refractivity contribution in [2.45, 2.75) is 52.6 Å². The molecule has 2 fully saturated rings. The van der Waals surface area contributed by atoms with Crippen molar-refractivity contribution >= 4 is 29.9 Å². The molecule has 1 aliphatic carbocycles. The van der Waals surface area contributed by atoms with E-state index in [0.29, 0.717) is 11.4 Å². The predicted molar refractivity (Wildman–Crippen MR) is 94.6 cm³/mol. The molecular weight excluding hydrogens is 365 g/mol. The lowest BCUT2D eigenvalue weighted by molar-refractivity contribution is 0.00525. The number of halogens is 1. The van der Waals surface area contributed by atoms with Crippen LogP contribution < -0.4 is 5.73 Å². The first-order valence-corrected chi connectivity index (χ1v) is 7.63. The highest BCUT2D eigenvalue weighted by molar-refractivity contribution is 14.0. The molecule has 0 aromatic rings. The summed E-state index contributed by atoms with van der Waals surface area (Å²) in [5.74, 6) is 1.44. The van der Waals surface area contributed by atoms with Gasteiger partial charge in [-0.2, -0.15) is 0 Å². The lowest BCUT2D eigenvalue weighted by Gasteiger charge is -2.34. The van der Waals surface area contributed by atoms with E-state index in [1.807, 2.05) is 0 Å². The number of nitrogens with two attached hydrogens (primary N) is 1. The molecule has 0 aromatic carbocycles. The van der Waals surface area contributed by atoms with Crippen molar-refractivity contribution in [3.05, 3.63) is 0 Å². The summed E-state index contributed by atoms with van der Waals surface area (Å²) in [6, 6.07) is 0. The number of rotatable bonds is 2. The van der Waals surface area contributed by atoms with Gasteiger partial charge in [0.25, 0.3) is 0 Å². The maximum atomic E-state index is 6.10. The monoisotopic (exact) mass is 395 g/mol. The summed E-state index contributed by atoms with van der Waals surface area (Å²) < 4.78 is 5.52. The summed E-state index contributed by atoms with van der Waals surface area (Å²) in [7, 11) is 0. The van der Waals surface area contributed by atoms with Gasteiger partial charge in [0.1, 0.15) is 0 Å². The van der Waals surface area contributed by atoms with Gasteiger partial charge in [-0.25, -0.2) is 0 Å². The Hall–Kier alpha value is -0.0400. The van der Waals surface area contributed by atoms with Gasteiger partial charge in [0.2, 0.25) is 0 Å². The van der Waals surface area contributed by atoms with Gasteiger partial charge in [-0.3, -0.25) is 4.99 Å². The van der Waals surface area contributed by atoms with E-state index in [1.54, 1.807) is 0 Å². The molecule has 20 heavy (non-hydrogen) atoms. The van der Waals surface area contributed by atoms with E-state index in [0.717, 1.165) is 32.2 Å². The Labute approximate surface area is 140 Å². The molecule has 0 radical (unpaired) electrons. The molecule has 118 valence electrons. The average molecular weight is 395 g/mol. The summed E-state index contributed by atoms with van der Waals surface area (Å²) in [5.41, 5.74) is 6.63. The van der Waals surface area contributed by atoms with Crippen LogP contribution in [0, 0.1) is 11.3 Å². The van der Waals surface area contributed by atoms with Crippen molar-refractivity contribution in [1.29, 1.82) is 0 Å². The third kappa shape index (κ3) is 5.39. The molecule has 1 saturated carbocycles. The van der Waals surface area contributed by atoms with Crippen molar-refractivity contribution in [2.75, 3.05) is 26.2 Å². The standard InChI is InChI=1S/C15H29N3O.HI/c1-12-11-18(8-9-19-12)14(16)17-10-13-4-6-15(2,3)7-5-13;/h12-13H,4-11H2,1-3H3,(H2,16,17);1H. The van der Waals surface area contributed by atoms with Gasteiger partial charge < -0.3 is 15.4 Å². The van der Waals surface area contributed by atoms with Gasteiger partial charge in [0.15, 0.2) is 5.96 Å². The molecule has 4 nitrogen and oxygen atoms in total. The quantitative estimate of drug-likeness (QED) is 0.445. The normalized spacial score (nSPS) is 28.1. The van der Waals surface area contributed by atoms with Crippen molar-refractivity contribution in [2.24, 2.45) is 22.1 Å². The lowest BCUT2D eigenvalue weighted by atomic mass is 9.73. The van der Waals surface area contributed by atoms with Gasteiger partial charge in [-0.1, -0.05) is 13.8 Å².